The minimum absolute atomic E-state index is 0.500. The SMILES string of the molecule is C[C@H]1C[C@H]1c1ccc(/C=N\NC(=S)NC2CCCCC2)o1. The zero-order chi connectivity index (χ0) is 14.7. The predicted molar refractivity (Wildman–Crippen MR) is 88.6 cm³/mol. The van der Waals surface area contributed by atoms with E-state index in [2.05, 4.69) is 22.8 Å². The van der Waals surface area contributed by atoms with Crippen LogP contribution in [0.25, 0.3) is 0 Å². The molecule has 0 unspecified atom stereocenters. The zero-order valence-corrected chi connectivity index (χ0v) is 13.3. The molecular formula is C16H23N3OS. The van der Waals surface area contributed by atoms with Gasteiger partial charge in [0.15, 0.2) is 5.11 Å². The molecule has 2 saturated carbocycles. The first-order valence-corrected chi connectivity index (χ1v) is 8.32. The van der Waals surface area contributed by atoms with E-state index < -0.39 is 0 Å². The lowest BCUT2D eigenvalue weighted by atomic mass is 9.96. The molecule has 0 bridgehead atoms. The second kappa shape index (κ2) is 6.60. The Morgan fingerprint density at radius 3 is 2.81 bits per heavy atom. The molecule has 114 valence electrons. The highest BCUT2D eigenvalue weighted by Crippen LogP contribution is 2.47. The van der Waals surface area contributed by atoms with E-state index in [1.165, 1.54) is 38.5 Å². The summed E-state index contributed by atoms with van der Waals surface area (Å²) in [4.78, 5) is 0. The van der Waals surface area contributed by atoms with Gasteiger partial charge in [-0.15, -0.1) is 0 Å². The topological polar surface area (TPSA) is 49.6 Å². The minimum Gasteiger partial charge on any atom is -0.460 e. The van der Waals surface area contributed by atoms with Crippen LogP contribution in [0.2, 0.25) is 0 Å². The minimum atomic E-state index is 0.500. The first-order chi connectivity index (χ1) is 10.2. The molecule has 2 atom stereocenters. The monoisotopic (exact) mass is 305 g/mol. The third kappa shape index (κ3) is 4.06. The Morgan fingerprint density at radius 2 is 2.10 bits per heavy atom. The number of furan rings is 1. The van der Waals surface area contributed by atoms with Gasteiger partial charge in [0.2, 0.25) is 0 Å². The number of nitrogens with zero attached hydrogens (tertiary/aromatic N) is 1. The fourth-order valence-electron chi connectivity index (χ4n) is 2.97. The molecule has 0 spiro atoms. The van der Waals surface area contributed by atoms with Gasteiger partial charge in [-0.1, -0.05) is 26.2 Å². The Balaban J connectivity index is 1.43. The molecule has 3 rings (SSSR count). The largest absolute Gasteiger partial charge is 0.460 e. The molecule has 4 nitrogen and oxygen atoms in total. The standard InChI is InChI=1S/C16H23N3OS/c1-11-9-14(11)15-8-7-13(20-15)10-17-19-16(21)18-12-5-3-2-4-6-12/h7-8,10-12,14H,2-6,9H2,1H3,(H2,18,19,21)/b17-10-/t11-,14+/m0/s1. The van der Waals surface area contributed by atoms with Crippen molar-refractivity contribution in [2.75, 3.05) is 0 Å². The molecule has 2 aliphatic rings. The van der Waals surface area contributed by atoms with Crippen molar-refractivity contribution < 1.29 is 4.42 Å². The molecule has 0 amide bonds. The van der Waals surface area contributed by atoms with Crippen molar-refractivity contribution in [3.63, 3.8) is 0 Å². The van der Waals surface area contributed by atoms with Crippen molar-refractivity contribution in [3.8, 4) is 0 Å². The van der Waals surface area contributed by atoms with Crippen LogP contribution in [-0.4, -0.2) is 17.4 Å². The van der Waals surface area contributed by atoms with Crippen LogP contribution in [0.15, 0.2) is 21.7 Å². The van der Waals surface area contributed by atoms with E-state index >= 15 is 0 Å². The van der Waals surface area contributed by atoms with Gasteiger partial charge in [-0.05, 0) is 49.5 Å². The lowest BCUT2D eigenvalue weighted by Crippen LogP contribution is -2.40. The average Bonchev–Trinajstić information content (AvgIpc) is 3.02. The van der Waals surface area contributed by atoms with Crippen LogP contribution < -0.4 is 10.7 Å². The van der Waals surface area contributed by atoms with Gasteiger partial charge in [0.1, 0.15) is 11.5 Å². The van der Waals surface area contributed by atoms with Gasteiger partial charge in [0.25, 0.3) is 0 Å². The molecule has 5 heteroatoms. The molecule has 21 heavy (non-hydrogen) atoms. The first kappa shape index (κ1) is 14.6. The van der Waals surface area contributed by atoms with Crippen LogP contribution in [-0.2, 0) is 0 Å². The van der Waals surface area contributed by atoms with Crippen LogP contribution in [0.5, 0.6) is 0 Å². The van der Waals surface area contributed by atoms with Gasteiger partial charge in [-0.25, -0.2) is 0 Å². The normalized spacial score (nSPS) is 26.0. The number of rotatable bonds is 4. The summed E-state index contributed by atoms with van der Waals surface area (Å²) in [6, 6.07) is 4.51. The second-order valence-corrected chi connectivity index (χ2v) is 6.65. The van der Waals surface area contributed by atoms with Crippen LogP contribution in [0, 0.1) is 5.92 Å². The summed E-state index contributed by atoms with van der Waals surface area (Å²) in [6.07, 6.45) is 9.25. The molecule has 1 aromatic heterocycles. The summed E-state index contributed by atoms with van der Waals surface area (Å²) in [7, 11) is 0. The molecule has 1 heterocycles. The first-order valence-electron chi connectivity index (χ1n) is 7.91. The number of thiocarbonyl (C=S) groups is 1. The number of hydrogen-bond acceptors (Lipinski definition) is 3. The lowest BCUT2D eigenvalue weighted by Gasteiger charge is -2.23. The van der Waals surface area contributed by atoms with Gasteiger partial charge in [0, 0.05) is 12.0 Å². The maximum Gasteiger partial charge on any atom is 0.187 e. The highest BCUT2D eigenvalue weighted by atomic mass is 32.1. The van der Waals surface area contributed by atoms with Crippen LogP contribution in [0.3, 0.4) is 0 Å². The van der Waals surface area contributed by atoms with Gasteiger partial charge in [-0.3, -0.25) is 5.43 Å². The van der Waals surface area contributed by atoms with Gasteiger partial charge < -0.3 is 9.73 Å². The summed E-state index contributed by atoms with van der Waals surface area (Å²) < 4.78 is 5.76. The molecule has 0 saturated heterocycles. The summed E-state index contributed by atoms with van der Waals surface area (Å²) in [5.41, 5.74) is 2.87. The number of hydrogen-bond donors (Lipinski definition) is 2. The predicted octanol–water partition coefficient (Wildman–Crippen LogP) is 3.53. The molecule has 0 aliphatic heterocycles. The molecule has 2 N–H and O–H groups in total. The van der Waals surface area contributed by atoms with Crippen LogP contribution >= 0.6 is 12.2 Å². The Bertz CT molecular complexity index is 519. The van der Waals surface area contributed by atoms with E-state index in [1.54, 1.807) is 6.21 Å². The van der Waals surface area contributed by atoms with E-state index in [0.717, 1.165) is 17.4 Å². The highest BCUT2D eigenvalue weighted by molar-refractivity contribution is 7.80. The smallest absolute Gasteiger partial charge is 0.187 e. The summed E-state index contributed by atoms with van der Waals surface area (Å²) in [5.74, 6) is 3.21. The molecule has 2 aliphatic carbocycles. The maximum absolute atomic E-state index is 5.76. The molecule has 2 fully saturated rings. The Hall–Kier alpha value is -1.36. The van der Waals surface area contributed by atoms with Crippen molar-refractivity contribution in [1.29, 1.82) is 0 Å². The average molecular weight is 305 g/mol. The van der Waals surface area contributed by atoms with Crippen LogP contribution in [0.4, 0.5) is 0 Å². The van der Waals surface area contributed by atoms with Crippen molar-refractivity contribution in [3.05, 3.63) is 23.7 Å². The van der Waals surface area contributed by atoms with E-state index in [1.807, 2.05) is 12.1 Å². The Morgan fingerprint density at radius 1 is 1.33 bits per heavy atom. The van der Waals surface area contributed by atoms with Gasteiger partial charge in [-0.2, -0.15) is 5.10 Å². The fourth-order valence-corrected chi connectivity index (χ4v) is 3.19. The van der Waals surface area contributed by atoms with Crippen LogP contribution in [0.1, 0.15) is 62.9 Å². The Labute approximate surface area is 131 Å². The highest BCUT2D eigenvalue weighted by Gasteiger charge is 2.36. The molecular weight excluding hydrogens is 282 g/mol. The van der Waals surface area contributed by atoms with Crippen molar-refractivity contribution in [1.82, 2.24) is 10.7 Å². The van der Waals surface area contributed by atoms with E-state index in [9.17, 15) is 0 Å². The molecule has 1 aromatic rings. The zero-order valence-electron chi connectivity index (χ0n) is 12.5. The van der Waals surface area contributed by atoms with Crippen molar-refractivity contribution in [2.24, 2.45) is 11.0 Å². The summed E-state index contributed by atoms with van der Waals surface area (Å²) in [6.45, 7) is 2.25. The van der Waals surface area contributed by atoms with Crippen molar-refractivity contribution >= 4 is 23.5 Å². The summed E-state index contributed by atoms with van der Waals surface area (Å²) >= 11 is 5.26. The third-order valence-electron chi connectivity index (χ3n) is 4.42. The number of nitrogens with one attached hydrogen (secondary N) is 2. The Kier molecular flexibility index (Phi) is 4.58. The molecule has 0 aromatic carbocycles. The molecule has 0 radical (unpaired) electrons. The van der Waals surface area contributed by atoms with Gasteiger partial charge >= 0.3 is 0 Å². The van der Waals surface area contributed by atoms with Crippen molar-refractivity contribution in [2.45, 2.75) is 57.4 Å². The van der Waals surface area contributed by atoms with E-state index in [-0.39, 0.29) is 0 Å². The summed E-state index contributed by atoms with van der Waals surface area (Å²) in [5, 5.41) is 8.06. The number of hydrazone groups is 1. The van der Waals surface area contributed by atoms with E-state index in [4.69, 9.17) is 16.6 Å². The second-order valence-electron chi connectivity index (χ2n) is 6.24. The third-order valence-corrected chi connectivity index (χ3v) is 4.63. The maximum atomic E-state index is 5.76. The fraction of sp³-hybridized carbons (Fsp3) is 0.625. The van der Waals surface area contributed by atoms with E-state index in [0.29, 0.717) is 17.1 Å². The lowest BCUT2D eigenvalue weighted by molar-refractivity contribution is 0.412. The quantitative estimate of drug-likeness (QED) is 0.507. The van der Waals surface area contributed by atoms with Gasteiger partial charge in [0.05, 0.1) is 6.21 Å².